The molecular formula is C12H19N3O. The minimum Gasteiger partial charge on any atom is -0.351 e. The van der Waals surface area contributed by atoms with Gasteiger partial charge in [0.2, 0.25) is 5.91 Å². The first kappa shape index (κ1) is 11.2. The molecule has 16 heavy (non-hydrogen) atoms. The van der Waals surface area contributed by atoms with E-state index < -0.39 is 0 Å². The summed E-state index contributed by atoms with van der Waals surface area (Å²) < 4.78 is 1.84. The van der Waals surface area contributed by atoms with E-state index in [4.69, 9.17) is 0 Å². The average Bonchev–Trinajstić information content (AvgIpc) is 2.65. The third-order valence-corrected chi connectivity index (χ3v) is 3.37. The van der Waals surface area contributed by atoms with Gasteiger partial charge in [-0.05, 0) is 25.8 Å². The second-order valence-electron chi connectivity index (χ2n) is 5.08. The number of rotatable bonds is 2. The maximum absolute atomic E-state index is 11.5. The van der Waals surface area contributed by atoms with Crippen molar-refractivity contribution in [1.29, 1.82) is 0 Å². The van der Waals surface area contributed by atoms with Crippen LogP contribution in [0, 0.1) is 0 Å². The van der Waals surface area contributed by atoms with Gasteiger partial charge in [-0.1, -0.05) is 6.92 Å². The van der Waals surface area contributed by atoms with E-state index in [9.17, 15) is 4.79 Å². The lowest BCUT2D eigenvalue weighted by Crippen LogP contribution is -2.38. The Labute approximate surface area is 96.0 Å². The highest BCUT2D eigenvalue weighted by atomic mass is 16.2. The van der Waals surface area contributed by atoms with Crippen molar-refractivity contribution in [2.24, 2.45) is 7.05 Å². The molecule has 2 heterocycles. The number of nitrogens with zero attached hydrogens (tertiary/aromatic N) is 2. The monoisotopic (exact) mass is 221 g/mol. The van der Waals surface area contributed by atoms with Gasteiger partial charge in [-0.15, -0.1) is 0 Å². The first-order valence-electron chi connectivity index (χ1n) is 5.77. The van der Waals surface area contributed by atoms with Crippen molar-refractivity contribution < 1.29 is 4.79 Å². The molecule has 1 saturated heterocycles. The lowest BCUT2D eigenvalue weighted by molar-refractivity contribution is -0.119. The third kappa shape index (κ3) is 1.72. The molecule has 1 fully saturated rings. The Morgan fingerprint density at radius 3 is 2.81 bits per heavy atom. The summed E-state index contributed by atoms with van der Waals surface area (Å²) >= 11 is 0. The number of amides is 1. The predicted molar refractivity (Wildman–Crippen MR) is 62.2 cm³/mol. The van der Waals surface area contributed by atoms with Crippen LogP contribution in [0.3, 0.4) is 0 Å². The Balaban J connectivity index is 2.40. The molecule has 0 aromatic carbocycles. The molecule has 1 aliphatic heterocycles. The van der Waals surface area contributed by atoms with Gasteiger partial charge in [0.1, 0.15) is 0 Å². The second kappa shape index (κ2) is 3.61. The summed E-state index contributed by atoms with van der Waals surface area (Å²) in [6, 6.07) is 0. The number of carbonyl (C=O) groups excluding carboxylic acids is 1. The van der Waals surface area contributed by atoms with Crippen LogP contribution in [-0.4, -0.2) is 21.2 Å². The van der Waals surface area contributed by atoms with Crippen LogP contribution in [0.15, 0.2) is 6.20 Å². The molecule has 1 N–H and O–H groups in total. The van der Waals surface area contributed by atoms with Crippen molar-refractivity contribution in [2.75, 3.05) is 0 Å². The molecule has 1 aliphatic rings. The number of hydrogen-bond acceptors (Lipinski definition) is 2. The Morgan fingerprint density at radius 2 is 2.31 bits per heavy atom. The van der Waals surface area contributed by atoms with Crippen LogP contribution in [-0.2, 0) is 18.3 Å². The summed E-state index contributed by atoms with van der Waals surface area (Å²) in [7, 11) is 1.93. The molecule has 0 radical (unpaired) electrons. The zero-order chi connectivity index (χ0) is 11.9. The number of aromatic nitrogens is 2. The lowest BCUT2D eigenvalue weighted by Gasteiger charge is -2.26. The van der Waals surface area contributed by atoms with E-state index in [2.05, 4.69) is 31.2 Å². The molecule has 4 nitrogen and oxygen atoms in total. The van der Waals surface area contributed by atoms with Gasteiger partial charge in [-0.3, -0.25) is 9.48 Å². The maximum atomic E-state index is 11.5. The van der Waals surface area contributed by atoms with Gasteiger partial charge in [-0.2, -0.15) is 5.10 Å². The van der Waals surface area contributed by atoms with E-state index >= 15 is 0 Å². The first-order valence-corrected chi connectivity index (χ1v) is 5.77. The highest BCUT2D eigenvalue weighted by molar-refractivity contribution is 5.81. The number of aryl methyl sites for hydroxylation is 2. The molecule has 1 atom stereocenters. The van der Waals surface area contributed by atoms with Gasteiger partial charge in [0, 0.05) is 31.1 Å². The van der Waals surface area contributed by atoms with Crippen molar-refractivity contribution in [3.05, 3.63) is 17.5 Å². The fourth-order valence-corrected chi connectivity index (χ4v) is 2.56. The van der Waals surface area contributed by atoms with Crippen LogP contribution >= 0.6 is 0 Å². The SMILES string of the molecule is CCc1nn(C)cc1C1CC(=O)NC1(C)C. The quantitative estimate of drug-likeness (QED) is 0.819. The Morgan fingerprint density at radius 1 is 1.62 bits per heavy atom. The molecule has 0 aliphatic carbocycles. The molecule has 1 amide bonds. The van der Waals surface area contributed by atoms with E-state index in [0.29, 0.717) is 6.42 Å². The van der Waals surface area contributed by atoms with Crippen molar-refractivity contribution in [2.45, 2.75) is 45.1 Å². The largest absolute Gasteiger partial charge is 0.351 e. The first-order chi connectivity index (χ1) is 7.44. The zero-order valence-electron chi connectivity index (χ0n) is 10.4. The van der Waals surface area contributed by atoms with Crippen LogP contribution in [0.5, 0.6) is 0 Å². The van der Waals surface area contributed by atoms with Crippen LogP contribution in [0.2, 0.25) is 0 Å². The molecule has 2 rings (SSSR count). The fraction of sp³-hybridized carbons (Fsp3) is 0.667. The molecule has 4 heteroatoms. The topological polar surface area (TPSA) is 46.9 Å². The summed E-state index contributed by atoms with van der Waals surface area (Å²) in [4.78, 5) is 11.5. The van der Waals surface area contributed by atoms with Gasteiger partial charge in [0.05, 0.1) is 5.69 Å². The summed E-state index contributed by atoms with van der Waals surface area (Å²) in [5, 5.41) is 7.47. The van der Waals surface area contributed by atoms with Crippen LogP contribution in [0.4, 0.5) is 0 Å². The van der Waals surface area contributed by atoms with Gasteiger partial charge in [-0.25, -0.2) is 0 Å². The van der Waals surface area contributed by atoms with Crippen LogP contribution < -0.4 is 5.32 Å². The van der Waals surface area contributed by atoms with Gasteiger partial charge >= 0.3 is 0 Å². The zero-order valence-corrected chi connectivity index (χ0v) is 10.4. The molecule has 1 unspecified atom stereocenters. The molecule has 88 valence electrons. The third-order valence-electron chi connectivity index (χ3n) is 3.37. The maximum Gasteiger partial charge on any atom is 0.221 e. The normalized spacial score (nSPS) is 23.5. The standard InChI is InChI=1S/C12H19N3O/c1-5-10-8(7-15(4)14-10)9-6-11(16)13-12(9,2)3/h7,9H,5-6H2,1-4H3,(H,13,16). The summed E-state index contributed by atoms with van der Waals surface area (Å²) in [6.07, 6.45) is 3.54. The fourth-order valence-electron chi connectivity index (χ4n) is 2.56. The van der Waals surface area contributed by atoms with E-state index in [-0.39, 0.29) is 17.4 Å². The highest BCUT2D eigenvalue weighted by Crippen LogP contribution is 2.37. The lowest BCUT2D eigenvalue weighted by atomic mass is 9.83. The summed E-state index contributed by atoms with van der Waals surface area (Å²) in [5.41, 5.74) is 2.16. The molecule has 1 aromatic heterocycles. The number of hydrogen-bond donors (Lipinski definition) is 1. The van der Waals surface area contributed by atoms with Gasteiger partial charge in [0.15, 0.2) is 0 Å². The van der Waals surface area contributed by atoms with Crippen LogP contribution in [0.25, 0.3) is 0 Å². The summed E-state index contributed by atoms with van der Waals surface area (Å²) in [6.45, 7) is 6.26. The second-order valence-corrected chi connectivity index (χ2v) is 5.08. The van der Waals surface area contributed by atoms with E-state index in [0.717, 1.165) is 12.1 Å². The Hall–Kier alpha value is -1.32. The van der Waals surface area contributed by atoms with Gasteiger partial charge in [0.25, 0.3) is 0 Å². The minimum atomic E-state index is -0.163. The molecule has 0 saturated carbocycles. The highest BCUT2D eigenvalue weighted by Gasteiger charge is 2.41. The summed E-state index contributed by atoms with van der Waals surface area (Å²) in [5.74, 6) is 0.379. The smallest absolute Gasteiger partial charge is 0.221 e. The molecule has 0 spiro atoms. The minimum absolute atomic E-state index is 0.140. The van der Waals surface area contributed by atoms with E-state index in [1.807, 2.05) is 17.9 Å². The Bertz CT molecular complexity index is 420. The van der Waals surface area contributed by atoms with Gasteiger partial charge < -0.3 is 5.32 Å². The number of nitrogens with one attached hydrogen (secondary N) is 1. The van der Waals surface area contributed by atoms with E-state index in [1.54, 1.807) is 0 Å². The molecule has 1 aromatic rings. The van der Waals surface area contributed by atoms with Crippen molar-refractivity contribution in [3.8, 4) is 0 Å². The number of carbonyl (C=O) groups is 1. The van der Waals surface area contributed by atoms with E-state index in [1.165, 1.54) is 5.56 Å². The van der Waals surface area contributed by atoms with Crippen molar-refractivity contribution >= 4 is 5.91 Å². The van der Waals surface area contributed by atoms with Crippen LogP contribution in [0.1, 0.15) is 44.4 Å². The van der Waals surface area contributed by atoms with Crippen molar-refractivity contribution in [3.63, 3.8) is 0 Å². The average molecular weight is 221 g/mol. The predicted octanol–water partition coefficient (Wildman–Crippen LogP) is 1.36. The molecular weight excluding hydrogens is 202 g/mol. The Kier molecular flexibility index (Phi) is 2.52. The molecule has 0 bridgehead atoms. The van der Waals surface area contributed by atoms with Crippen molar-refractivity contribution in [1.82, 2.24) is 15.1 Å².